The van der Waals surface area contributed by atoms with E-state index in [1.807, 2.05) is 12.1 Å². The van der Waals surface area contributed by atoms with Crippen molar-refractivity contribution >= 4 is 28.9 Å². The lowest BCUT2D eigenvalue weighted by molar-refractivity contribution is 0.600. The maximum absolute atomic E-state index is 5.86. The number of aromatic nitrogens is 1. The van der Waals surface area contributed by atoms with Crippen LogP contribution in [-0.2, 0) is 0 Å². The van der Waals surface area contributed by atoms with Crippen molar-refractivity contribution in [2.45, 2.75) is 13.3 Å². The molecule has 2 heterocycles. The van der Waals surface area contributed by atoms with Crippen molar-refractivity contribution in [1.29, 1.82) is 0 Å². The van der Waals surface area contributed by atoms with Crippen LogP contribution in [0.1, 0.15) is 18.9 Å². The Balaban J connectivity index is 2.36. The maximum atomic E-state index is 5.86. The molecular weight excluding hydrogens is 231 g/mol. The minimum atomic E-state index is 0.429. The van der Waals surface area contributed by atoms with Crippen molar-refractivity contribution < 1.29 is 0 Å². The molecule has 2 nitrogen and oxygen atoms in total. The summed E-state index contributed by atoms with van der Waals surface area (Å²) in [4.78, 5) is 3.92. The standard InChI is InChI=1S/C11H12Cl2N2/c1-7-2-3-14-9(4-7)8-5-10(12)15-11(13)6-8/h4-7,14H,2-3H2,1H3. The van der Waals surface area contributed by atoms with E-state index in [-0.39, 0.29) is 0 Å². The summed E-state index contributed by atoms with van der Waals surface area (Å²) in [6.45, 7) is 3.19. The largest absolute Gasteiger partial charge is 0.385 e. The predicted molar refractivity (Wildman–Crippen MR) is 64.0 cm³/mol. The molecule has 0 aliphatic carbocycles. The molecular formula is C11H12Cl2N2. The highest BCUT2D eigenvalue weighted by Gasteiger charge is 2.11. The van der Waals surface area contributed by atoms with Crippen LogP contribution < -0.4 is 5.32 Å². The van der Waals surface area contributed by atoms with E-state index >= 15 is 0 Å². The van der Waals surface area contributed by atoms with Crippen LogP contribution in [0.25, 0.3) is 5.70 Å². The lowest BCUT2D eigenvalue weighted by Gasteiger charge is -2.20. The van der Waals surface area contributed by atoms with Gasteiger partial charge >= 0.3 is 0 Å². The molecule has 1 aromatic rings. The fraction of sp³-hybridized carbons (Fsp3) is 0.364. The molecule has 0 amide bonds. The van der Waals surface area contributed by atoms with Gasteiger partial charge in [-0.1, -0.05) is 36.2 Å². The summed E-state index contributed by atoms with van der Waals surface area (Å²) in [6, 6.07) is 3.65. The molecule has 0 saturated carbocycles. The number of nitrogens with zero attached hydrogens (tertiary/aromatic N) is 1. The van der Waals surface area contributed by atoms with E-state index < -0.39 is 0 Å². The highest BCUT2D eigenvalue weighted by Crippen LogP contribution is 2.23. The van der Waals surface area contributed by atoms with Crippen molar-refractivity contribution in [2.75, 3.05) is 6.54 Å². The summed E-state index contributed by atoms with van der Waals surface area (Å²) in [5, 5.41) is 4.19. The Morgan fingerprint density at radius 2 is 2.00 bits per heavy atom. The van der Waals surface area contributed by atoms with Gasteiger partial charge in [-0.15, -0.1) is 0 Å². The number of allylic oxidation sites excluding steroid dienone is 1. The van der Waals surface area contributed by atoms with Gasteiger partial charge in [0.05, 0.1) is 0 Å². The van der Waals surface area contributed by atoms with E-state index in [4.69, 9.17) is 23.2 Å². The minimum Gasteiger partial charge on any atom is -0.385 e. The lowest BCUT2D eigenvalue weighted by atomic mass is 10.00. The normalized spacial score (nSPS) is 20.7. The summed E-state index contributed by atoms with van der Waals surface area (Å²) in [5.41, 5.74) is 2.10. The van der Waals surface area contributed by atoms with Gasteiger partial charge < -0.3 is 5.32 Å². The summed E-state index contributed by atoms with van der Waals surface area (Å²) in [6.07, 6.45) is 3.36. The quantitative estimate of drug-likeness (QED) is 0.765. The average molecular weight is 243 g/mol. The van der Waals surface area contributed by atoms with E-state index in [1.54, 1.807) is 0 Å². The number of nitrogens with one attached hydrogen (secondary N) is 1. The van der Waals surface area contributed by atoms with Crippen molar-refractivity contribution in [3.8, 4) is 0 Å². The first-order chi connectivity index (χ1) is 7.15. The van der Waals surface area contributed by atoms with Crippen LogP contribution in [0.4, 0.5) is 0 Å². The molecule has 15 heavy (non-hydrogen) atoms. The van der Waals surface area contributed by atoms with Crippen molar-refractivity contribution in [1.82, 2.24) is 10.3 Å². The van der Waals surface area contributed by atoms with Gasteiger partial charge in [0, 0.05) is 17.8 Å². The van der Waals surface area contributed by atoms with Crippen molar-refractivity contribution in [2.24, 2.45) is 5.92 Å². The zero-order valence-electron chi connectivity index (χ0n) is 8.43. The highest BCUT2D eigenvalue weighted by atomic mass is 35.5. The van der Waals surface area contributed by atoms with Gasteiger partial charge in [-0.3, -0.25) is 0 Å². The van der Waals surface area contributed by atoms with Crippen LogP contribution in [-0.4, -0.2) is 11.5 Å². The second kappa shape index (κ2) is 4.42. The van der Waals surface area contributed by atoms with Crippen molar-refractivity contribution in [3.05, 3.63) is 34.1 Å². The van der Waals surface area contributed by atoms with Gasteiger partial charge in [0.2, 0.25) is 0 Å². The second-order valence-electron chi connectivity index (χ2n) is 3.77. The summed E-state index contributed by atoms with van der Waals surface area (Å²) < 4.78 is 0. The topological polar surface area (TPSA) is 24.9 Å². The number of hydrogen-bond donors (Lipinski definition) is 1. The van der Waals surface area contributed by atoms with E-state index in [9.17, 15) is 0 Å². The summed E-state index contributed by atoms with van der Waals surface area (Å²) >= 11 is 11.7. The van der Waals surface area contributed by atoms with Crippen LogP contribution >= 0.6 is 23.2 Å². The Labute approximate surface area is 99.3 Å². The maximum Gasteiger partial charge on any atom is 0.131 e. The molecule has 1 aliphatic heterocycles. The molecule has 4 heteroatoms. The first kappa shape index (κ1) is 10.8. The third-order valence-corrected chi connectivity index (χ3v) is 2.83. The Kier molecular flexibility index (Phi) is 3.17. The molecule has 0 bridgehead atoms. The molecule has 0 saturated heterocycles. The smallest absolute Gasteiger partial charge is 0.131 e. The molecule has 1 N–H and O–H groups in total. The number of pyridine rings is 1. The Bertz CT molecular complexity index is 381. The van der Waals surface area contributed by atoms with E-state index in [2.05, 4.69) is 23.3 Å². The Morgan fingerprint density at radius 3 is 2.60 bits per heavy atom. The number of rotatable bonds is 1. The zero-order valence-corrected chi connectivity index (χ0v) is 9.94. The minimum absolute atomic E-state index is 0.429. The highest BCUT2D eigenvalue weighted by molar-refractivity contribution is 6.32. The lowest BCUT2D eigenvalue weighted by Crippen LogP contribution is -2.21. The first-order valence-electron chi connectivity index (χ1n) is 4.94. The van der Waals surface area contributed by atoms with Gasteiger partial charge in [0.15, 0.2) is 0 Å². The number of hydrogen-bond acceptors (Lipinski definition) is 2. The Morgan fingerprint density at radius 1 is 1.33 bits per heavy atom. The molecule has 1 atom stereocenters. The number of halogens is 2. The van der Waals surface area contributed by atoms with E-state index in [1.165, 1.54) is 0 Å². The van der Waals surface area contributed by atoms with Crippen LogP contribution in [0.5, 0.6) is 0 Å². The summed E-state index contributed by atoms with van der Waals surface area (Å²) in [5.74, 6) is 0.590. The fourth-order valence-corrected chi connectivity index (χ4v) is 2.14. The van der Waals surface area contributed by atoms with Crippen LogP contribution in [0.2, 0.25) is 10.3 Å². The molecule has 0 aromatic carbocycles. The SMILES string of the molecule is CC1C=C(c2cc(Cl)nc(Cl)c2)NCC1. The average Bonchev–Trinajstić information content (AvgIpc) is 2.16. The molecule has 0 radical (unpaired) electrons. The van der Waals surface area contributed by atoms with E-state index in [0.717, 1.165) is 24.2 Å². The third-order valence-electron chi connectivity index (χ3n) is 2.44. The van der Waals surface area contributed by atoms with Gasteiger partial charge in [-0.25, -0.2) is 4.98 Å². The molecule has 1 unspecified atom stereocenters. The van der Waals surface area contributed by atoms with Crippen molar-refractivity contribution in [3.63, 3.8) is 0 Å². The molecule has 80 valence electrons. The van der Waals surface area contributed by atoms with Crippen LogP contribution in [0.3, 0.4) is 0 Å². The zero-order chi connectivity index (χ0) is 10.8. The first-order valence-corrected chi connectivity index (χ1v) is 5.70. The molecule has 1 aliphatic rings. The van der Waals surface area contributed by atoms with E-state index in [0.29, 0.717) is 16.2 Å². The molecule has 2 rings (SSSR count). The van der Waals surface area contributed by atoms with Gasteiger partial charge in [-0.2, -0.15) is 0 Å². The molecule has 0 fully saturated rings. The molecule has 1 aromatic heterocycles. The van der Waals surface area contributed by atoms with Gasteiger partial charge in [0.25, 0.3) is 0 Å². The van der Waals surface area contributed by atoms with Crippen LogP contribution in [0, 0.1) is 5.92 Å². The monoisotopic (exact) mass is 242 g/mol. The van der Waals surface area contributed by atoms with Gasteiger partial charge in [0.1, 0.15) is 10.3 Å². The summed E-state index contributed by atoms with van der Waals surface area (Å²) in [7, 11) is 0. The second-order valence-corrected chi connectivity index (χ2v) is 4.55. The van der Waals surface area contributed by atoms with Crippen LogP contribution in [0.15, 0.2) is 18.2 Å². The fourth-order valence-electron chi connectivity index (χ4n) is 1.68. The molecule has 0 spiro atoms. The predicted octanol–water partition coefficient (Wildman–Crippen LogP) is 3.36. The Hall–Kier alpha value is -0.730. The van der Waals surface area contributed by atoms with Gasteiger partial charge in [-0.05, 0) is 24.5 Å². The third kappa shape index (κ3) is 2.64.